The molecule has 122 valence electrons. The van der Waals surface area contributed by atoms with Crippen molar-refractivity contribution in [3.63, 3.8) is 0 Å². The molecule has 2 rings (SSSR count). The number of hydrogen-bond donors (Lipinski definition) is 2. The summed E-state index contributed by atoms with van der Waals surface area (Å²) in [5, 5.41) is 19.9. The van der Waals surface area contributed by atoms with E-state index in [-0.39, 0.29) is 11.0 Å². The highest BCUT2D eigenvalue weighted by molar-refractivity contribution is 5.89. The number of nitrogens with zero attached hydrogens (tertiary/aromatic N) is 1. The van der Waals surface area contributed by atoms with Crippen molar-refractivity contribution >= 4 is 11.7 Å². The van der Waals surface area contributed by atoms with E-state index in [4.69, 9.17) is 4.74 Å². The Balaban J connectivity index is 2.29. The Morgan fingerprint density at radius 1 is 1.41 bits per heavy atom. The van der Waals surface area contributed by atoms with E-state index in [0.29, 0.717) is 13.2 Å². The zero-order valence-electron chi connectivity index (χ0n) is 13.5. The van der Waals surface area contributed by atoms with Crippen molar-refractivity contribution in [1.82, 2.24) is 0 Å². The van der Waals surface area contributed by atoms with E-state index in [0.717, 1.165) is 30.5 Å². The number of anilines is 1. The molecule has 1 heterocycles. The quantitative estimate of drug-likeness (QED) is 0.790. The summed E-state index contributed by atoms with van der Waals surface area (Å²) < 4.78 is 5.06. The standard InChI is InChI=1S/C17H25NO4/c1-17(2)11-13-7-6-12(15(19)20)10-14(13)18(16(17)21)8-4-5-9-22-3/h6-7,10,16,21H,4-5,8-9,11H2,1-3H3,(H,19,20). The predicted octanol–water partition coefficient (Wildman–Crippen LogP) is 2.52. The van der Waals surface area contributed by atoms with Crippen LogP contribution in [0.1, 0.15) is 42.6 Å². The van der Waals surface area contributed by atoms with Crippen LogP contribution in [0.2, 0.25) is 0 Å². The molecule has 0 aromatic heterocycles. The van der Waals surface area contributed by atoms with Crippen LogP contribution < -0.4 is 4.90 Å². The van der Waals surface area contributed by atoms with Gasteiger partial charge in [0.05, 0.1) is 5.56 Å². The number of ether oxygens (including phenoxy) is 1. The third-order valence-electron chi connectivity index (χ3n) is 4.28. The van der Waals surface area contributed by atoms with Crippen molar-refractivity contribution in [2.75, 3.05) is 25.2 Å². The van der Waals surface area contributed by atoms with E-state index >= 15 is 0 Å². The van der Waals surface area contributed by atoms with Crippen LogP contribution in [0.3, 0.4) is 0 Å². The highest BCUT2D eigenvalue weighted by atomic mass is 16.5. The van der Waals surface area contributed by atoms with Crippen LogP contribution in [0.4, 0.5) is 5.69 Å². The smallest absolute Gasteiger partial charge is 0.335 e. The maximum absolute atomic E-state index is 11.2. The molecule has 0 fully saturated rings. The number of carboxylic acids is 1. The summed E-state index contributed by atoms with van der Waals surface area (Å²) in [5.74, 6) is -0.943. The molecule has 5 nitrogen and oxygen atoms in total. The van der Waals surface area contributed by atoms with Crippen LogP contribution in [-0.2, 0) is 11.2 Å². The van der Waals surface area contributed by atoms with Gasteiger partial charge < -0.3 is 19.8 Å². The average molecular weight is 307 g/mol. The van der Waals surface area contributed by atoms with Gasteiger partial charge in [-0.1, -0.05) is 19.9 Å². The van der Waals surface area contributed by atoms with Gasteiger partial charge in [-0.3, -0.25) is 0 Å². The molecule has 1 aliphatic rings. The number of methoxy groups -OCH3 is 1. The van der Waals surface area contributed by atoms with Crippen molar-refractivity contribution in [2.45, 2.75) is 39.3 Å². The fourth-order valence-electron chi connectivity index (χ4n) is 3.02. The number of hydrogen-bond acceptors (Lipinski definition) is 4. The molecule has 0 amide bonds. The van der Waals surface area contributed by atoms with Gasteiger partial charge in [-0.05, 0) is 37.0 Å². The van der Waals surface area contributed by atoms with Crippen molar-refractivity contribution < 1.29 is 19.7 Å². The van der Waals surface area contributed by atoms with Gasteiger partial charge in [0, 0.05) is 31.4 Å². The first-order chi connectivity index (χ1) is 10.4. The van der Waals surface area contributed by atoms with Gasteiger partial charge in [0.25, 0.3) is 0 Å². The van der Waals surface area contributed by atoms with Gasteiger partial charge in [0.1, 0.15) is 6.23 Å². The highest BCUT2D eigenvalue weighted by Crippen LogP contribution is 2.40. The normalized spacial score (nSPS) is 19.8. The lowest BCUT2D eigenvalue weighted by Gasteiger charge is -2.45. The topological polar surface area (TPSA) is 70.0 Å². The van der Waals surface area contributed by atoms with Crippen LogP contribution in [0, 0.1) is 5.41 Å². The number of aliphatic hydroxyl groups is 1. The third-order valence-corrected chi connectivity index (χ3v) is 4.28. The molecule has 1 unspecified atom stereocenters. The average Bonchev–Trinajstić information content (AvgIpc) is 2.46. The molecule has 1 aromatic carbocycles. The fourth-order valence-corrected chi connectivity index (χ4v) is 3.02. The molecule has 2 N–H and O–H groups in total. The minimum absolute atomic E-state index is 0.257. The molecule has 0 spiro atoms. The largest absolute Gasteiger partial charge is 0.478 e. The van der Waals surface area contributed by atoms with Gasteiger partial charge >= 0.3 is 5.97 Å². The Morgan fingerprint density at radius 2 is 2.14 bits per heavy atom. The number of benzene rings is 1. The van der Waals surface area contributed by atoms with Crippen molar-refractivity contribution in [3.05, 3.63) is 29.3 Å². The first-order valence-corrected chi connectivity index (χ1v) is 7.66. The highest BCUT2D eigenvalue weighted by Gasteiger charge is 2.38. The number of aromatic carboxylic acids is 1. The lowest BCUT2D eigenvalue weighted by Crippen LogP contribution is -2.50. The molecule has 5 heteroatoms. The molecule has 0 radical (unpaired) electrons. The maximum atomic E-state index is 11.2. The van der Waals surface area contributed by atoms with Crippen molar-refractivity contribution in [1.29, 1.82) is 0 Å². The van der Waals surface area contributed by atoms with Crippen LogP contribution in [0.5, 0.6) is 0 Å². The molecule has 0 bridgehead atoms. The summed E-state index contributed by atoms with van der Waals surface area (Å²) in [4.78, 5) is 13.1. The lowest BCUT2D eigenvalue weighted by molar-refractivity contribution is 0.0395. The zero-order chi connectivity index (χ0) is 16.3. The van der Waals surface area contributed by atoms with Gasteiger partial charge in [-0.15, -0.1) is 0 Å². The predicted molar refractivity (Wildman–Crippen MR) is 85.3 cm³/mol. The van der Waals surface area contributed by atoms with Crippen LogP contribution in [0.25, 0.3) is 0 Å². The monoisotopic (exact) mass is 307 g/mol. The molecule has 1 aliphatic heterocycles. The third kappa shape index (κ3) is 3.42. The Kier molecular flexibility index (Phi) is 5.08. The summed E-state index contributed by atoms with van der Waals surface area (Å²) >= 11 is 0. The van der Waals surface area contributed by atoms with E-state index in [9.17, 15) is 15.0 Å². The zero-order valence-corrected chi connectivity index (χ0v) is 13.5. The number of rotatable bonds is 6. The Hall–Kier alpha value is -1.59. The summed E-state index contributed by atoms with van der Waals surface area (Å²) in [5.41, 5.74) is 1.92. The van der Waals surface area contributed by atoms with E-state index in [2.05, 4.69) is 0 Å². The van der Waals surface area contributed by atoms with Gasteiger partial charge in [-0.25, -0.2) is 4.79 Å². The lowest BCUT2D eigenvalue weighted by atomic mass is 9.79. The fraction of sp³-hybridized carbons (Fsp3) is 0.588. The summed E-state index contributed by atoms with van der Waals surface area (Å²) in [6.45, 7) is 5.45. The number of carboxylic acid groups (broad SMARTS) is 1. The van der Waals surface area contributed by atoms with Gasteiger partial charge in [0.2, 0.25) is 0 Å². The number of fused-ring (bicyclic) bond motifs is 1. The molecule has 0 saturated heterocycles. The SMILES string of the molecule is COCCCCN1c2cc(C(=O)O)ccc2CC(C)(C)C1O. The molecule has 0 aliphatic carbocycles. The van der Waals surface area contributed by atoms with E-state index in [1.807, 2.05) is 24.8 Å². The van der Waals surface area contributed by atoms with Crippen LogP contribution >= 0.6 is 0 Å². The van der Waals surface area contributed by atoms with Gasteiger partial charge in [0.15, 0.2) is 0 Å². The summed E-state index contributed by atoms with van der Waals surface area (Å²) in [7, 11) is 1.67. The number of unbranched alkanes of at least 4 members (excludes halogenated alkanes) is 1. The minimum atomic E-state index is -0.943. The second-order valence-electron chi connectivity index (χ2n) is 6.58. The number of carbonyl (C=O) groups is 1. The van der Waals surface area contributed by atoms with E-state index in [1.165, 1.54) is 0 Å². The Bertz CT molecular complexity index is 541. The molecule has 0 saturated carbocycles. The van der Waals surface area contributed by atoms with Crippen LogP contribution in [0.15, 0.2) is 18.2 Å². The first kappa shape index (κ1) is 16.8. The first-order valence-electron chi connectivity index (χ1n) is 7.66. The summed E-state index contributed by atoms with van der Waals surface area (Å²) in [6.07, 6.45) is 1.91. The Labute approximate surface area is 131 Å². The number of aliphatic hydroxyl groups excluding tert-OH is 1. The summed E-state index contributed by atoms with van der Waals surface area (Å²) in [6, 6.07) is 5.18. The second-order valence-corrected chi connectivity index (χ2v) is 6.58. The van der Waals surface area contributed by atoms with Crippen molar-refractivity contribution in [2.24, 2.45) is 5.41 Å². The maximum Gasteiger partial charge on any atom is 0.335 e. The Morgan fingerprint density at radius 3 is 2.77 bits per heavy atom. The van der Waals surface area contributed by atoms with E-state index in [1.54, 1.807) is 19.2 Å². The van der Waals surface area contributed by atoms with E-state index < -0.39 is 12.2 Å². The van der Waals surface area contributed by atoms with Crippen LogP contribution in [-0.4, -0.2) is 42.7 Å². The molecular weight excluding hydrogens is 282 g/mol. The molecule has 1 atom stereocenters. The van der Waals surface area contributed by atoms with Gasteiger partial charge in [-0.2, -0.15) is 0 Å². The molecule has 22 heavy (non-hydrogen) atoms. The molecule has 1 aromatic rings. The second kappa shape index (κ2) is 6.67. The van der Waals surface area contributed by atoms with Crippen molar-refractivity contribution in [3.8, 4) is 0 Å². The molecular formula is C17H25NO4. The minimum Gasteiger partial charge on any atom is -0.478 e.